The van der Waals surface area contributed by atoms with Crippen molar-refractivity contribution in [2.45, 2.75) is 11.8 Å². The van der Waals surface area contributed by atoms with Crippen molar-refractivity contribution in [3.05, 3.63) is 78.4 Å². The van der Waals surface area contributed by atoms with Crippen molar-refractivity contribution in [2.75, 3.05) is 23.8 Å². The highest BCUT2D eigenvalue weighted by Crippen LogP contribution is 2.28. The Kier molecular flexibility index (Phi) is 6.58. The first-order chi connectivity index (χ1) is 14.4. The fourth-order valence-electron chi connectivity index (χ4n) is 2.72. The van der Waals surface area contributed by atoms with Gasteiger partial charge in [0.15, 0.2) is 11.5 Å². The number of rotatable bonds is 8. The smallest absolute Gasteiger partial charge is 0.261 e. The molecule has 0 aromatic heterocycles. The van der Waals surface area contributed by atoms with Gasteiger partial charge in [-0.1, -0.05) is 18.2 Å². The minimum absolute atomic E-state index is 0.0899. The Hall–Kier alpha value is -3.52. The monoisotopic (exact) mass is 426 g/mol. The van der Waals surface area contributed by atoms with E-state index in [1.54, 1.807) is 48.5 Å². The number of anilines is 2. The quantitative estimate of drug-likeness (QED) is 0.564. The van der Waals surface area contributed by atoms with E-state index in [9.17, 15) is 13.2 Å². The molecule has 8 heteroatoms. The van der Waals surface area contributed by atoms with Gasteiger partial charge in [-0.3, -0.25) is 9.52 Å². The number of carbonyl (C=O) groups excluding carboxylic acids is 1. The molecule has 0 fully saturated rings. The number of hydrogen-bond acceptors (Lipinski definition) is 5. The summed E-state index contributed by atoms with van der Waals surface area (Å²) < 4.78 is 38.2. The summed E-state index contributed by atoms with van der Waals surface area (Å²) in [5, 5.41) is 2.74. The zero-order valence-electron chi connectivity index (χ0n) is 16.6. The molecule has 0 saturated carbocycles. The van der Waals surface area contributed by atoms with Crippen LogP contribution in [0.15, 0.2) is 77.7 Å². The second-order valence-electron chi connectivity index (χ2n) is 6.25. The zero-order valence-corrected chi connectivity index (χ0v) is 17.4. The van der Waals surface area contributed by atoms with Crippen LogP contribution in [0.2, 0.25) is 0 Å². The van der Waals surface area contributed by atoms with Crippen molar-refractivity contribution in [2.24, 2.45) is 0 Å². The average molecular weight is 426 g/mol. The first-order valence-corrected chi connectivity index (χ1v) is 10.7. The van der Waals surface area contributed by atoms with Crippen LogP contribution in [-0.4, -0.2) is 28.0 Å². The van der Waals surface area contributed by atoms with Gasteiger partial charge in [0.05, 0.1) is 18.6 Å². The summed E-state index contributed by atoms with van der Waals surface area (Å²) >= 11 is 0. The lowest BCUT2D eigenvalue weighted by molar-refractivity contribution is 0.102. The SMILES string of the molecule is CCOc1ccc(C(=O)Nc2ccc(S(=O)(=O)Nc3ccccc3)cc2)cc1OC. The third-order valence-corrected chi connectivity index (χ3v) is 5.57. The molecule has 3 aromatic carbocycles. The first-order valence-electron chi connectivity index (χ1n) is 9.23. The number of ether oxygens (including phenoxy) is 2. The van der Waals surface area contributed by atoms with Gasteiger partial charge in [-0.25, -0.2) is 8.42 Å². The molecule has 3 aromatic rings. The summed E-state index contributed by atoms with van der Waals surface area (Å²) in [7, 11) is -2.22. The lowest BCUT2D eigenvalue weighted by Gasteiger charge is -2.12. The van der Waals surface area contributed by atoms with E-state index in [1.165, 1.54) is 31.4 Å². The van der Waals surface area contributed by atoms with E-state index in [0.29, 0.717) is 35.0 Å². The van der Waals surface area contributed by atoms with Gasteiger partial charge in [0.2, 0.25) is 0 Å². The predicted molar refractivity (Wildman–Crippen MR) is 116 cm³/mol. The van der Waals surface area contributed by atoms with Crippen LogP contribution in [0.4, 0.5) is 11.4 Å². The van der Waals surface area contributed by atoms with Gasteiger partial charge in [0.1, 0.15) is 0 Å². The number of methoxy groups -OCH3 is 1. The highest BCUT2D eigenvalue weighted by atomic mass is 32.2. The van der Waals surface area contributed by atoms with Gasteiger partial charge in [0, 0.05) is 16.9 Å². The molecule has 7 nitrogen and oxygen atoms in total. The van der Waals surface area contributed by atoms with Crippen LogP contribution < -0.4 is 19.5 Å². The maximum atomic E-state index is 12.5. The lowest BCUT2D eigenvalue weighted by Crippen LogP contribution is -2.14. The third-order valence-electron chi connectivity index (χ3n) is 4.17. The fraction of sp³-hybridized carbons (Fsp3) is 0.136. The van der Waals surface area contributed by atoms with Gasteiger partial charge in [-0.05, 0) is 61.5 Å². The first kappa shape index (κ1) is 21.2. The molecular weight excluding hydrogens is 404 g/mol. The predicted octanol–water partition coefficient (Wildman–Crippen LogP) is 4.15. The molecule has 0 radical (unpaired) electrons. The lowest BCUT2D eigenvalue weighted by atomic mass is 10.2. The van der Waals surface area contributed by atoms with Crippen LogP contribution in [-0.2, 0) is 10.0 Å². The maximum absolute atomic E-state index is 12.5. The van der Waals surface area contributed by atoms with Gasteiger partial charge in [-0.15, -0.1) is 0 Å². The Bertz CT molecular complexity index is 1110. The molecule has 1 amide bonds. The van der Waals surface area contributed by atoms with Crippen molar-refractivity contribution in [1.82, 2.24) is 0 Å². The molecule has 0 aliphatic heterocycles. The number of benzene rings is 3. The molecule has 30 heavy (non-hydrogen) atoms. The maximum Gasteiger partial charge on any atom is 0.261 e. The van der Waals surface area contributed by atoms with E-state index in [4.69, 9.17) is 9.47 Å². The summed E-state index contributed by atoms with van der Waals surface area (Å²) in [6, 6.07) is 19.4. The molecule has 0 atom stereocenters. The molecule has 156 valence electrons. The van der Waals surface area contributed by atoms with Crippen LogP contribution in [0.25, 0.3) is 0 Å². The van der Waals surface area contributed by atoms with E-state index in [0.717, 1.165) is 0 Å². The molecular formula is C22H22N2O5S. The van der Waals surface area contributed by atoms with Crippen LogP contribution in [0.1, 0.15) is 17.3 Å². The van der Waals surface area contributed by atoms with Gasteiger partial charge in [-0.2, -0.15) is 0 Å². The topological polar surface area (TPSA) is 93.7 Å². The minimum atomic E-state index is -3.72. The van der Waals surface area contributed by atoms with Crippen molar-refractivity contribution in [3.63, 3.8) is 0 Å². The number of para-hydroxylation sites is 1. The van der Waals surface area contributed by atoms with E-state index in [-0.39, 0.29) is 10.8 Å². The number of sulfonamides is 1. The Morgan fingerprint density at radius 2 is 1.60 bits per heavy atom. The highest BCUT2D eigenvalue weighted by molar-refractivity contribution is 7.92. The summed E-state index contributed by atoms with van der Waals surface area (Å²) in [6.07, 6.45) is 0. The van der Waals surface area contributed by atoms with Crippen molar-refractivity contribution in [3.8, 4) is 11.5 Å². The Balaban J connectivity index is 1.71. The Morgan fingerprint density at radius 3 is 2.23 bits per heavy atom. The molecule has 2 N–H and O–H groups in total. The van der Waals surface area contributed by atoms with Crippen LogP contribution in [0, 0.1) is 0 Å². The zero-order chi connectivity index (χ0) is 21.6. The average Bonchev–Trinajstić information content (AvgIpc) is 2.75. The van der Waals surface area contributed by atoms with Crippen molar-refractivity contribution < 1.29 is 22.7 Å². The molecule has 0 spiro atoms. The fourth-order valence-corrected chi connectivity index (χ4v) is 3.78. The summed E-state index contributed by atoms with van der Waals surface area (Å²) in [6.45, 7) is 2.34. The molecule has 0 aliphatic rings. The van der Waals surface area contributed by atoms with E-state index in [1.807, 2.05) is 6.92 Å². The van der Waals surface area contributed by atoms with E-state index >= 15 is 0 Å². The van der Waals surface area contributed by atoms with E-state index < -0.39 is 10.0 Å². The summed E-state index contributed by atoms with van der Waals surface area (Å²) in [5.74, 6) is 0.657. The molecule has 0 saturated heterocycles. The molecule has 0 bridgehead atoms. The Labute approximate surface area is 175 Å². The molecule has 0 heterocycles. The summed E-state index contributed by atoms with van der Waals surface area (Å²) in [5.41, 5.74) is 1.32. The second-order valence-corrected chi connectivity index (χ2v) is 7.93. The van der Waals surface area contributed by atoms with Gasteiger partial charge < -0.3 is 14.8 Å². The van der Waals surface area contributed by atoms with Crippen LogP contribution in [0.3, 0.4) is 0 Å². The largest absolute Gasteiger partial charge is 0.493 e. The Morgan fingerprint density at radius 1 is 0.900 bits per heavy atom. The van der Waals surface area contributed by atoms with Gasteiger partial charge in [0.25, 0.3) is 15.9 Å². The molecule has 0 aliphatic carbocycles. The van der Waals surface area contributed by atoms with Crippen molar-refractivity contribution >= 4 is 27.3 Å². The van der Waals surface area contributed by atoms with Crippen LogP contribution in [0.5, 0.6) is 11.5 Å². The second kappa shape index (κ2) is 9.32. The molecule has 3 rings (SSSR count). The summed E-state index contributed by atoms with van der Waals surface area (Å²) in [4.78, 5) is 12.6. The molecule has 0 unspecified atom stereocenters. The van der Waals surface area contributed by atoms with E-state index in [2.05, 4.69) is 10.0 Å². The number of amides is 1. The van der Waals surface area contributed by atoms with Crippen LogP contribution >= 0.6 is 0 Å². The highest BCUT2D eigenvalue weighted by Gasteiger charge is 2.15. The number of carbonyl (C=O) groups is 1. The standard InChI is InChI=1S/C22H22N2O5S/c1-3-29-20-14-9-16(15-21(20)28-2)22(25)23-17-10-12-19(13-11-17)30(26,27)24-18-7-5-4-6-8-18/h4-15,24H,3H2,1-2H3,(H,23,25). The minimum Gasteiger partial charge on any atom is -0.493 e. The number of hydrogen-bond donors (Lipinski definition) is 2. The van der Waals surface area contributed by atoms with Crippen molar-refractivity contribution in [1.29, 1.82) is 0 Å². The normalized spacial score (nSPS) is 10.9. The third kappa shape index (κ3) is 5.09. The number of nitrogens with one attached hydrogen (secondary N) is 2. The van der Waals surface area contributed by atoms with Gasteiger partial charge >= 0.3 is 0 Å².